The van der Waals surface area contributed by atoms with E-state index in [1.807, 2.05) is 37.4 Å². The Balaban J connectivity index is 2.07. The predicted molar refractivity (Wildman–Crippen MR) is 95.7 cm³/mol. The first-order chi connectivity index (χ1) is 10.8. The molecule has 1 aliphatic heterocycles. The van der Waals surface area contributed by atoms with Crippen LogP contribution in [0.15, 0.2) is 24.3 Å². The normalized spacial score (nSPS) is 16.8. The van der Waals surface area contributed by atoms with E-state index in [0.717, 1.165) is 24.6 Å². The maximum absolute atomic E-state index is 12.5. The van der Waals surface area contributed by atoms with Crippen molar-refractivity contribution in [2.45, 2.75) is 26.8 Å². The molecule has 126 valence electrons. The third-order valence-corrected chi connectivity index (χ3v) is 4.83. The van der Waals surface area contributed by atoms with Gasteiger partial charge in [0.25, 0.3) is 5.91 Å². The minimum absolute atomic E-state index is 0.0153. The summed E-state index contributed by atoms with van der Waals surface area (Å²) in [6.07, 6.45) is 0. The average molecular weight is 335 g/mol. The number of benzene rings is 1. The van der Waals surface area contributed by atoms with Crippen molar-refractivity contribution in [3.05, 3.63) is 29.8 Å². The molecule has 1 aromatic carbocycles. The number of carbonyl (C=O) groups excluding carboxylic acids is 2. The van der Waals surface area contributed by atoms with Gasteiger partial charge in [0.05, 0.1) is 6.04 Å². The highest BCUT2D eigenvalue weighted by Gasteiger charge is 2.27. The zero-order chi connectivity index (χ0) is 17.0. The lowest BCUT2D eigenvalue weighted by Gasteiger charge is -2.27. The molecule has 1 aromatic rings. The fourth-order valence-electron chi connectivity index (χ4n) is 2.29. The molecule has 2 amide bonds. The van der Waals surface area contributed by atoms with E-state index in [0.29, 0.717) is 11.3 Å². The summed E-state index contributed by atoms with van der Waals surface area (Å²) in [5.41, 5.74) is 6.85. The SMILES string of the molecule is CC(C)(C)[C@H](N)C(=O)Nc1cccc(C(=O)N2CCSCC2)c1. The summed E-state index contributed by atoms with van der Waals surface area (Å²) < 4.78 is 0. The number of hydrogen-bond acceptors (Lipinski definition) is 4. The van der Waals surface area contributed by atoms with Crippen molar-refractivity contribution >= 4 is 29.3 Å². The smallest absolute Gasteiger partial charge is 0.253 e. The summed E-state index contributed by atoms with van der Waals surface area (Å²) in [4.78, 5) is 26.6. The van der Waals surface area contributed by atoms with Gasteiger partial charge in [0.15, 0.2) is 0 Å². The van der Waals surface area contributed by atoms with Gasteiger partial charge in [-0.25, -0.2) is 0 Å². The quantitative estimate of drug-likeness (QED) is 0.888. The van der Waals surface area contributed by atoms with Crippen molar-refractivity contribution in [2.75, 3.05) is 29.9 Å². The molecule has 23 heavy (non-hydrogen) atoms. The van der Waals surface area contributed by atoms with Crippen LogP contribution in [0.3, 0.4) is 0 Å². The summed E-state index contributed by atoms with van der Waals surface area (Å²) in [6, 6.07) is 6.45. The third-order valence-electron chi connectivity index (χ3n) is 3.89. The van der Waals surface area contributed by atoms with Crippen LogP contribution in [0.5, 0.6) is 0 Å². The first-order valence-electron chi connectivity index (χ1n) is 7.82. The Morgan fingerprint density at radius 3 is 2.52 bits per heavy atom. The largest absolute Gasteiger partial charge is 0.337 e. The highest BCUT2D eigenvalue weighted by Crippen LogP contribution is 2.20. The molecule has 1 atom stereocenters. The molecule has 3 N–H and O–H groups in total. The van der Waals surface area contributed by atoms with E-state index in [4.69, 9.17) is 5.73 Å². The lowest BCUT2D eigenvalue weighted by Crippen LogP contribution is -2.45. The van der Waals surface area contributed by atoms with Crippen LogP contribution in [-0.4, -0.2) is 47.4 Å². The van der Waals surface area contributed by atoms with E-state index in [2.05, 4.69) is 5.32 Å². The van der Waals surface area contributed by atoms with Crippen molar-refractivity contribution in [3.8, 4) is 0 Å². The zero-order valence-electron chi connectivity index (χ0n) is 14.0. The molecule has 0 spiro atoms. The standard InChI is InChI=1S/C17H25N3O2S/c1-17(2,3)14(18)15(21)19-13-6-4-5-12(11-13)16(22)20-7-9-23-10-8-20/h4-6,11,14H,7-10,18H2,1-3H3,(H,19,21)/t14-/m1/s1. The highest BCUT2D eigenvalue weighted by atomic mass is 32.2. The zero-order valence-corrected chi connectivity index (χ0v) is 14.8. The fraction of sp³-hybridized carbons (Fsp3) is 0.529. The van der Waals surface area contributed by atoms with Gasteiger partial charge in [-0.05, 0) is 23.6 Å². The molecule has 1 saturated heterocycles. The molecule has 1 aliphatic rings. The monoisotopic (exact) mass is 335 g/mol. The van der Waals surface area contributed by atoms with Crippen LogP contribution in [0, 0.1) is 5.41 Å². The topological polar surface area (TPSA) is 75.4 Å². The Bertz CT molecular complexity index is 577. The molecular weight excluding hydrogens is 310 g/mol. The second-order valence-corrected chi connectivity index (χ2v) is 8.04. The molecule has 0 unspecified atom stereocenters. The molecule has 5 nitrogen and oxygen atoms in total. The van der Waals surface area contributed by atoms with Gasteiger partial charge in [-0.3, -0.25) is 9.59 Å². The van der Waals surface area contributed by atoms with E-state index in [1.54, 1.807) is 24.3 Å². The van der Waals surface area contributed by atoms with E-state index in [1.165, 1.54) is 0 Å². The molecule has 0 aromatic heterocycles. The molecule has 0 bridgehead atoms. The molecular formula is C17H25N3O2S. The second kappa shape index (κ2) is 7.36. The van der Waals surface area contributed by atoms with Crippen LogP contribution in [-0.2, 0) is 4.79 Å². The number of nitrogens with zero attached hydrogens (tertiary/aromatic N) is 1. The summed E-state index contributed by atoms with van der Waals surface area (Å²) in [6.45, 7) is 7.31. The van der Waals surface area contributed by atoms with E-state index >= 15 is 0 Å². The van der Waals surface area contributed by atoms with Crippen molar-refractivity contribution in [3.63, 3.8) is 0 Å². The molecule has 0 aliphatic carbocycles. The van der Waals surface area contributed by atoms with E-state index < -0.39 is 6.04 Å². The number of nitrogens with two attached hydrogens (primary N) is 1. The van der Waals surface area contributed by atoms with Gasteiger partial charge in [-0.1, -0.05) is 26.8 Å². The summed E-state index contributed by atoms with van der Waals surface area (Å²) >= 11 is 1.86. The third kappa shape index (κ3) is 4.72. The maximum atomic E-state index is 12.5. The molecule has 1 heterocycles. The van der Waals surface area contributed by atoms with Crippen LogP contribution in [0.1, 0.15) is 31.1 Å². The van der Waals surface area contributed by atoms with Crippen molar-refractivity contribution in [1.29, 1.82) is 0 Å². The predicted octanol–water partition coefficient (Wildman–Crippen LogP) is 2.19. The minimum atomic E-state index is -0.610. The van der Waals surface area contributed by atoms with Crippen LogP contribution in [0.2, 0.25) is 0 Å². The number of hydrogen-bond donors (Lipinski definition) is 2. The first-order valence-corrected chi connectivity index (χ1v) is 8.98. The highest BCUT2D eigenvalue weighted by molar-refractivity contribution is 7.99. The van der Waals surface area contributed by atoms with Gasteiger partial charge in [-0.2, -0.15) is 11.8 Å². The molecule has 2 rings (SSSR count). The Labute approximate surface area is 142 Å². The van der Waals surface area contributed by atoms with Crippen LogP contribution in [0.25, 0.3) is 0 Å². The average Bonchev–Trinajstić information content (AvgIpc) is 2.53. The lowest BCUT2D eigenvalue weighted by molar-refractivity contribution is -0.119. The summed E-state index contributed by atoms with van der Waals surface area (Å²) in [5, 5.41) is 2.81. The summed E-state index contributed by atoms with van der Waals surface area (Å²) in [5.74, 6) is 1.73. The van der Waals surface area contributed by atoms with Crippen LogP contribution < -0.4 is 11.1 Å². The van der Waals surface area contributed by atoms with Crippen LogP contribution in [0.4, 0.5) is 5.69 Å². The maximum Gasteiger partial charge on any atom is 0.253 e. The fourth-order valence-corrected chi connectivity index (χ4v) is 3.20. The Kier molecular flexibility index (Phi) is 5.70. The number of anilines is 1. The van der Waals surface area contributed by atoms with Crippen molar-refractivity contribution in [1.82, 2.24) is 4.90 Å². The minimum Gasteiger partial charge on any atom is -0.337 e. The number of amides is 2. The molecule has 6 heteroatoms. The lowest BCUT2D eigenvalue weighted by atomic mass is 9.87. The molecule has 1 fully saturated rings. The number of nitrogens with one attached hydrogen (secondary N) is 1. The number of rotatable bonds is 3. The Morgan fingerprint density at radius 1 is 1.26 bits per heavy atom. The van der Waals surface area contributed by atoms with Gasteiger partial charge in [-0.15, -0.1) is 0 Å². The van der Waals surface area contributed by atoms with E-state index in [9.17, 15) is 9.59 Å². The first kappa shape index (κ1) is 17.8. The molecule has 0 saturated carbocycles. The summed E-state index contributed by atoms with van der Waals surface area (Å²) in [7, 11) is 0. The van der Waals surface area contributed by atoms with Gasteiger partial charge >= 0.3 is 0 Å². The number of carbonyl (C=O) groups is 2. The molecule has 0 radical (unpaired) electrons. The van der Waals surface area contributed by atoms with Gasteiger partial charge < -0.3 is 16.0 Å². The van der Waals surface area contributed by atoms with Gasteiger partial charge in [0.2, 0.25) is 5.91 Å². The Morgan fingerprint density at radius 2 is 1.91 bits per heavy atom. The van der Waals surface area contributed by atoms with Crippen molar-refractivity contribution in [2.24, 2.45) is 11.1 Å². The number of thioether (sulfide) groups is 1. The van der Waals surface area contributed by atoms with Gasteiger partial charge in [0, 0.05) is 35.8 Å². The second-order valence-electron chi connectivity index (χ2n) is 6.82. The van der Waals surface area contributed by atoms with Crippen molar-refractivity contribution < 1.29 is 9.59 Å². The van der Waals surface area contributed by atoms with Gasteiger partial charge in [0.1, 0.15) is 0 Å². The van der Waals surface area contributed by atoms with E-state index in [-0.39, 0.29) is 17.2 Å². The Hall–Kier alpha value is -1.53. The van der Waals surface area contributed by atoms with Crippen LogP contribution >= 0.6 is 11.8 Å².